The topological polar surface area (TPSA) is 38.9 Å². The Hall–Kier alpha value is -1.05. The number of fused-ring (bicyclic) bond motifs is 1. The number of nitrogens with zero attached hydrogens (tertiary/aromatic N) is 1. The third-order valence-corrected chi connectivity index (χ3v) is 2.69. The van der Waals surface area contributed by atoms with Crippen LogP contribution in [0, 0.1) is 0 Å². The predicted molar refractivity (Wildman–Crippen MR) is 50.0 cm³/mol. The van der Waals surface area contributed by atoms with Gasteiger partial charge >= 0.3 is 0 Å². The number of pyridine rings is 1. The first-order valence-corrected chi connectivity index (χ1v) is 4.52. The molecule has 0 aromatic carbocycles. The van der Waals surface area contributed by atoms with Crippen molar-refractivity contribution < 1.29 is 0 Å². The Morgan fingerprint density at radius 1 is 1.58 bits per heavy atom. The molecule has 64 valence electrons. The maximum absolute atomic E-state index is 5.82. The van der Waals surface area contributed by atoms with Crippen LogP contribution in [0.25, 0.3) is 0 Å². The molecule has 1 atom stereocenters. The van der Waals surface area contributed by atoms with E-state index in [2.05, 4.69) is 18.0 Å². The predicted octanol–water partition coefficient (Wildman–Crippen LogP) is 2.10. The molecule has 1 aromatic heterocycles. The van der Waals surface area contributed by atoms with E-state index in [4.69, 9.17) is 5.73 Å². The second kappa shape index (κ2) is 2.77. The number of nitrogens with two attached hydrogens (primary N) is 1. The van der Waals surface area contributed by atoms with Crippen LogP contribution in [0.15, 0.2) is 12.3 Å². The lowest BCUT2D eigenvalue weighted by Gasteiger charge is -2.22. The summed E-state index contributed by atoms with van der Waals surface area (Å²) in [6, 6.07) is 2.10. The van der Waals surface area contributed by atoms with Crippen molar-refractivity contribution >= 4 is 5.82 Å². The number of rotatable bonds is 0. The molecule has 0 radical (unpaired) electrons. The second-order valence-electron chi connectivity index (χ2n) is 3.56. The van der Waals surface area contributed by atoms with Crippen molar-refractivity contribution in [1.29, 1.82) is 0 Å². The lowest BCUT2D eigenvalue weighted by molar-refractivity contribution is 0.590. The van der Waals surface area contributed by atoms with Gasteiger partial charge in [0.2, 0.25) is 0 Å². The van der Waals surface area contributed by atoms with E-state index in [1.165, 1.54) is 30.4 Å². The van der Waals surface area contributed by atoms with Crippen molar-refractivity contribution in [3.05, 3.63) is 23.4 Å². The Morgan fingerprint density at radius 2 is 2.42 bits per heavy atom. The molecule has 0 fully saturated rings. The van der Waals surface area contributed by atoms with Crippen molar-refractivity contribution in [2.75, 3.05) is 5.73 Å². The first-order valence-electron chi connectivity index (χ1n) is 4.52. The molecule has 1 unspecified atom stereocenters. The molecular weight excluding hydrogens is 148 g/mol. The summed E-state index contributed by atoms with van der Waals surface area (Å²) in [5, 5.41) is 0. The van der Waals surface area contributed by atoms with Gasteiger partial charge in [-0.25, -0.2) is 4.98 Å². The third-order valence-electron chi connectivity index (χ3n) is 2.69. The molecule has 2 nitrogen and oxygen atoms in total. The largest absolute Gasteiger partial charge is 0.383 e. The Kier molecular flexibility index (Phi) is 1.75. The first-order chi connectivity index (χ1) is 5.79. The monoisotopic (exact) mass is 162 g/mol. The van der Waals surface area contributed by atoms with Gasteiger partial charge in [0, 0.05) is 11.8 Å². The minimum Gasteiger partial charge on any atom is -0.383 e. The highest BCUT2D eigenvalue weighted by atomic mass is 14.8. The molecule has 0 spiro atoms. The van der Waals surface area contributed by atoms with Crippen LogP contribution >= 0.6 is 0 Å². The highest BCUT2D eigenvalue weighted by molar-refractivity contribution is 5.47. The van der Waals surface area contributed by atoms with E-state index in [-0.39, 0.29) is 0 Å². The molecule has 0 saturated carbocycles. The van der Waals surface area contributed by atoms with Crippen LogP contribution < -0.4 is 5.73 Å². The van der Waals surface area contributed by atoms with Gasteiger partial charge in [-0.05, 0) is 36.8 Å². The number of aromatic nitrogens is 1. The summed E-state index contributed by atoms with van der Waals surface area (Å²) >= 11 is 0. The Labute approximate surface area is 72.8 Å². The molecule has 0 saturated heterocycles. The summed E-state index contributed by atoms with van der Waals surface area (Å²) in [6.07, 6.45) is 5.53. The fraction of sp³-hybridized carbons (Fsp3) is 0.500. The molecular formula is C10H14N2. The maximum Gasteiger partial charge on any atom is 0.127 e. The lowest BCUT2D eigenvalue weighted by Crippen LogP contribution is -2.11. The van der Waals surface area contributed by atoms with E-state index in [0.29, 0.717) is 5.92 Å². The average Bonchev–Trinajstić information content (AvgIpc) is 2.04. The Morgan fingerprint density at radius 3 is 3.17 bits per heavy atom. The van der Waals surface area contributed by atoms with Gasteiger partial charge in [0.15, 0.2) is 0 Å². The Balaban J connectivity index is 2.53. The van der Waals surface area contributed by atoms with Crippen LogP contribution in [0.2, 0.25) is 0 Å². The van der Waals surface area contributed by atoms with Crippen molar-refractivity contribution in [3.8, 4) is 0 Å². The standard InChI is InChI=1S/C10H14N2/c1-7-3-2-4-8-5-6-12-10(11)9(7)8/h5-7H,2-4H2,1H3,(H2,11,12). The minimum absolute atomic E-state index is 0.599. The van der Waals surface area contributed by atoms with Crippen LogP contribution in [0.3, 0.4) is 0 Å². The van der Waals surface area contributed by atoms with Crippen LogP contribution in [0.4, 0.5) is 5.82 Å². The van der Waals surface area contributed by atoms with Gasteiger partial charge < -0.3 is 5.73 Å². The maximum atomic E-state index is 5.82. The van der Waals surface area contributed by atoms with Gasteiger partial charge in [-0.1, -0.05) is 6.92 Å². The number of aryl methyl sites for hydroxylation is 1. The molecule has 1 heterocycles. The van der Waals surface area contributed by atoms with Gasteiger partial charge in [-0.15, -0.1) is 0 Å². The second-order valence-corrected chi connectivity index (χ2v) is 3.56. The summed E-state index contributed by atoms with van der Waals surface area (Å²) < 4.78 is 0. The molecule has 0 amide bonds. The summed E-state index contributed by atoms with van der Waals surface area (Å²) in [5.41, 5.74) is 8.52. The molecule has 1 aliphatic carbocycles. The molecule has 12 heavy (non-hydrogen) atoms. The van der Waals surface area contributed by atoms with Crippen molar-refractivity contribution in [2.24, 2.45) is 0 Å². The zero-order valence-electron chi connectivity index (χ0n) is 7.38. The first kappa shape index (κ1) is 7.59. The summed E-state index contributed by atoms with van der Waals surface area (Å²) in [4.78, 5) is 4.12. The van der Waals surface area contributed by atoms with Crippen LogP contribution in [-0.4, -0.2) is 4.98 Å². The van der Waals surface area contributed by atoms with Crippen molar-refractivity contribution in [1.82, 2.24) is 4.98 Å². The van der Waals surface area contributed by atoms with Crippen LogP contribution in [0.5, 0.6) is 0 Å². The zero-order valence-corrected chi connectivity index (χ0v) is 7.38. The summed E-state index contributed by atoms with van der Waals surface area (Å²) in [6.45, 7) is 2.23. The van der Waals surface area contributed by atoms with E-state index in [1.54, 1.807) is 0 Å². The molecule has 0 bridgehead atoms. The van der Waals surface area contributed by atoms with Gasteiger partial charge in [-0.3, -0.25) is 0 Å². The number of anilines is 1. The number of nitrogen functional groups attached to an aromatic ring is 1. The molecule has 0 aliphatic heterocycles. The van der Waals surface area contributed by atoms with Gasteiger partial charge in [0.25, 0.3) is 0 Å². The van der Waals surface area contributed by atoms with E-state index >= 15 is 0 Å². The van der Waals surface area contributed by atoms with Crippen molar-refractivity contribution in [2.45, 2.75) is 32.1 Å². The van der Waals surface area contributed by atoms with E-state index < -0.39 is 0 Å². The quantitative estimate of drug-likeness (QED) is 0.634. The third kappa shape index (κ3) is 1.07. The molecule has 2 heteroatoms. The SMILES string of the molecule is CC1CCCc2ccnc(N)c21. The summed E-state index contributed by atoms with van der Waals surface area (Å²) in [5.74, 6) is 1.34. The van der Waals surface area contributed by atoms with Crippen LogP contribution in [-0.2, 0) is 6.42 Å². The smallest absolute Gasteiger partial charge is 0.127 e. The Bertz CT molecular complexity index is 294. The fourth-order valence-corrected chi connectivity index (χ4v) is 2.06. The lowest BCUT2D eigenvalue weighted by atomic mass is 9.84. The van der Waals surface area contributed by atoms with Gasteiger partial charge in [0.05, 0.1) is 0 Å². The van der Waals surface area contributed by atoms with Crippen LogP contribution in [0.1, 0.15) is 36.8 Å². The summed E-state index contributed by atoms with van der Waals surface area (Å²) in [7, 11) is 0. The fourth-order valence-electron chi connectivity index (χ4n) is 2.06. The van der Waals surface area contributed by atoms with Gasteiger partial charge in [0.1, 0.15) is 5.82 Å². The van der Waals surface area contributed by atoms with E-state index in [0.717, 1.165) is 5.82 Å². The van der Waals surface area contributed by atoms with Gasteiger partial charge in [-0.2, -0.15) is 0 Å². The molecule has 1 aromatic rings. The zero-order chi connectivity index (χ0) is 8.55. The highest BCUT2D eigenvalue weighted by Gasteiger charge is 2.18. The van der Waals surface area contributed by atoms with Crippen molar-refractivity contribution in [3.63, 3.8) is 0 Å². The number of hydrogen-bond acceptors (Lipinski definition) is 2. The molecule has 2 rings (SSSR count). The number of hydrogen-bond donors (Lipinski definition) is 1. The minimum atomic E-state index is 0.599. The molecule has 2 N–H and O–H groups in total. The highest BCUT2D eigenvalue weighted by Crippen LogP contribution is 2.33. The average molecular weight is 162 g/mol. The van der Waals surface area contributed by atoms with E-state index in [1.807, 2.05) is 6.20 Å². The molecule has 1 aliphatic rings. The van der Waals surface area contributed by atoms with E-state index in [9.17, 15) is 0 Å². The normalized spacial score (nSPS) is 21.9.